The topological polar surface area (TPSA) is 57.5 Å². The molecule has 84 valence electrons. The molecule has 0 radical (unpaired) electrons. The average Bonchev–Trinajstić information content (AvgIpc) is 2.13. The van der Waals surface area contributed by atoms with Gasteiger partial charge in [-0.25, -0.2) is 0 Å². The minimum absolute atomic E-state index is 0.0765. The van der Waals surface area contributed by atoms with Crippen molar-refractivity contribution in [1.29, 1.82) is 0 Å². The molecule has 0 saturated carbocycles. The fraction of sp³-hybridized carbons (Fsp3) is 0.909. The van der Waals surface area contributed by atoms with Crippen LogP contribution in [0.1, 0.15) is 46.5 Å². The van der Waals surface area contributed by atoms with Gasteiger partial charge in [0.1, 0.15) is 0 Å². The number of carbonyl (C=O) groups is 1. The molecule has 0 fully saturated rings. The van der Waals surface area contributed by atoms with Crippen molar-refractivity contribution in [3.8, 4) is 0 Å². The highest BCUT2D eigenvalue weighted by Crippen LogP contribution is 2.21. The molecule has 0 aliphatic rings. The van der Waals surface area contributed by atoms with E-state index in [0.29, 0.717) is 6.42 Å². The molecule has 0 rings (SSSR count). The summed E-state index contributed by atoms with van der Waals surface area (Å²) < 4.78 is 0. The predicted octanol–water partition coefficient (Wildman–Crippen LogP) is 2.28. The Labute approximate surface area is 86.1 Å². The van der Waals surface area contributed by atoms with Crippen molar-refractivity contribution in [3.05, 3.63) is 0 Å². The molecule has 0 aromatic heterocycles. The van der Waals surface area contributed by atoms with Gasteiger partial charge < -0.3 is 10.2 Å². The molecule has 3 nitrogen and oxygen atoms in total. The molecule has 14 heavy (non-hydrogen) atoms. The van der Waals surface area contributed by atoms with Crippen molar-refractivity contribution in [2.45, 2.75) is 52.6 Å². The summed E-state index contributed by atoms with van der Waals surface area (Å²) in [7, 11) is 0. The van der Waals surface area contributed by atoms with E-state index in [-0.39, 0.29) is 5.92 Å². The maximum Gasteiger partial charge on any atom is 0.309 e. The third-order valence-electron chi connectivity index (χ3n) is 2.66. The fourth-order valence-electron chi connectivity index (χ4n) is 1.77. The Morgan fingerprint density at radius 2 is 1.71 bits per heavy atom. The maximum absolute atomic E-state index is 10.9. The summed E-state index contributed by atoms with van der Waals surface area (Å²) in [5, 5.41) is 18.8. The molecule has 2 N–H and O–H groups in total. The third kappa shape index (κ3) is 4.09. The first kappa shape index (κ1) is 13.4. The molecule has 0 bridgehead atoms. The van der Waals surface area contributed by atoms with Crippen molar-refractivity contribution < 1.29 is 15.0 Å². The number of aliphatic carboxylic acids is 1. The normalized spacial score (nSPS) is 17.4. The Morgan fingerprint density at radius 3 is 2.07 bits per heavy atom. The van der Waals surface area contributed by atoms with Gasteiger partial charge in [0.15, 0.2) is 0 Å². The van der Waals surface area contributed by atoms with Crippen molar-refractivity contribution in [2.75, 3.05) is 0 Å². The van der Waals surface area contributed by atoms with E-state index in [2.05, 4.69) is 0 Å². The van der Waals surface area contributed by atoms with Gasteiger partial charge in [-0.05, 0) is 18.8 Å². The van der Waals surface area contributed by atoms with Gasteiger partial charge in [0, 0.05) is 0 Å². The third-order valence-corrected chi connectivity index (χ3v) is 2.66. The number of aliphatic hydroxyl groups is 1. The zero-order chi connectivity index (χ0) is 11.1. The number of carboxylic acids is 1. The summed E-state index contributed by atoms with van der Waals surface area (Å²) in [5.74, 6) is -1.39. The summed E-state index contributed by atoms with van der Waals surface area (Å²) in [6.45, 7) is 5.89. The molecule has 0 aliphatic heterocycles. The molecule has 0 heterocycles. The molecule has 0 aromatic rings. The smallest absolute Gasteiger partial charge is 0.309 e. The van der Waals surface area contributed by atoms with Crippen LogP contribution < -0.4 is 0 Å². The molecule has 3 unspecified atom stereocenters. The molecular formula is C11H22O3. The SMILES string of the molecule is CCCC(C)C(O)C(CCC)C(=O)O. The van der Waals surface area contributed by atoms with Crippen molar-refractivity contribution in [1.82, 2.24) is 0 Å². The fourth-order valence-corrected chi connectivity index (χ4v) is 1.77. The Bertz CT molecular complexity index is 168. The van der Waals surface area contributed by atoms with E-state index < -0.39 is 18.0 Å². The van der Waals surface area contributed by atoms with Crippen LogP contribution in [0.15, 0.2) is 0 Å². The molecule has 0 amide bonds. The van der Waals surface area contributed by atoms with Crippen LogP contribution in [-0.4, -0.2) is 22.3 Å². The Kier molecular flexibility index (Phi) is 6.54. The van der Waals surface area contributed by atoms with E-state index in [1.165, 1.54) is 0 Å². The summed E-state index contributed by atoms with van der Waals surface area (Å²) >= 11 is 0. The van der Waals surface area contributed by atoms with Gasteiger partial charge in [0.05, 0.1) is 12.0 Å². The van der Waals surface area contributed by atoms with E-state index >= 15 is 0 Å². The predicted molar refractivity (Wildman–Crippen MR) is 56.1 cm³/mol. The van der Waals surface area contributed by atoms with Crippen LogP contribution >= 0.6 is 0 Å². The lowest BCUT2D eigenvalue weighted by Gasteiger charge is -2.24. The maximum atomic E-state index is 10.9. The minimum atomic E-state index is -0.873. The van der Waals surface area contributed by atoms with E-state index in [4.69, 9.17) is 5.11 Å². The lowest BCUT2D eigenvalue weighted by atomic mass is 9.86. The highest BCUT2D eigenvalue weighted by atomic mass is 16.4. The zero-order valence-corrected chi connectivity index (χ0v) is 9.36. The molecule has 0 aromatic carbocycles. The zero-order valence-electron chi connectivity index (χ0n) is 9.36. The number of rotatable bonds is 7. The molecule has 3 atom stereocenters. The van der Waals surface area contributed by atoms with Crippen LogP contribution in [-0.2, 0) is 4.79 Å². The van der Waals surface area contributed by atoms with E-state index in [9.17, 15) is 9.90 Å². The van der Waals surface area contributed by atoms with Gasteiger partial charge in [0.25, 0.3) is 0 Å². The lowest BCUT2D eigenvalue weighted by Crippen LogP contribution is -2.33. The molecule has 0 spiro atoms. The highest BCUT2D eigenvalue weighted by molar-refractivity contribution is 5.70. The minimum Gasteiger partial charge on any atom is -0.481 e. The second-order valence-electron chi connectivity index (χ2n) is 3.99. The van der Waals surface area contributed by atoms with Crippen molar-refractivity contribution >= 4 is 5.97 Å². The molecule has 0 aliphatic carbocycles. The largest absolute Gasteiger partial charge is 0.481 e. The first-order valence-electron chi connectivity index (χ1n) is 5.45. The van der Waals surface area contributed by atoms with Crippen molar-refractivity contribution in [3.63, 3.8) is 0 Å². The monoisotopic (exact) mass is 202 g/mol. The van der Waals surface area contributed by atoms with E-state index in [1.54, 1.807) is 0 Å². The van der Waals surface area contributed by atoms with Crippen LogP contribution in [0.2, 0.25) is 0 Å². The van der Waals surface area contributed by atoms with Crippen LogP contribution in [0.4, 0.5) is 0 Å². The number of hydrogen-bond donors (Lipinski definition) is 2. The van der Waals surface area contributed by atoms with Crippen LogP contribution in [0.5, 0.6) is 0 Å². The van der Waals surface area contributed by atoms with Gasteiger partial charge in [-0.2, -0.15) is 0 Å². The standard InChI is InChI=1S/C11H22O3/c1-4-6-8(3)10(12)9(7-5-2)11(13)14/h8-10,12H,4-7H2,1-3H3,(H,13,14). The van der Waals surface area contributed by atoms with E-state index in [1.807, 2.05) is 20.8 Å². The Morgan fingerprint density at radius 1 is 1.21 bits per heavy atom. The second-order valence-corrected chi connectivity index (χ2v) is 3.99. The van der Waals surface area contributed by atoms with Gasteiger partial charge in [-0.15, -0.1) is 0 Å². The Hall–Kier alpha value is -0.570. The molecule has 3 heteroatoms. The van der Waals surface area contributed by atoms with Gasteiger partial charge >= 0.3 is 5.97 Å². The first-order valence-corrected chi connectivity index (χ1v) is 5.45. The lowest BCUT2D eigenvalue weighted by molar-refractivity contribution is -0.147. The molecule has 0 saturated heterocycles. The Balaban J connectivity index is 4.26. The van der Waals surface area contributed by atoms with Crippen LogP contribution in [0, 0.1) is 11.8 Å². The average molecular weight is 202 g/mol. The highest BCUT2D eigenvalue weighted by Gasteiger charge is 2.29. The number of carboxylic acid groups (broad SMARTS) is 1. The van der Waals surface area contributed by atoms with Gasteiger partial charge in [-0.3, -0.25) is 4.79 Å². The summed E-state index contributed by atoms with van der Waals surface area (Å²) in [4.78, 5) is 10.9. The summed E-state index contributed by atoms with van der Waals surface area (Å²) in [5.41, 5.74) is 0. The first-order chi connectivity index (χ1) is 6.54. The van der Waals surface area contributed by atoms with Crippen molar-refractivity contribution in [2.24, 2.45) is 11.8 Å². The van der Waals surface area contributed by atoms with Crippen LogP contribution in [0.25, 0.3) is 0 Å². The summed E-state index contributed by atoms with van der Waals surface area (Å²) in [6, 6.07) is 0. The summed E-state index contributed by atoms with van der Waals surface area (Å²) in [6.07, 6.45) is 2.52. The quantitative estimate of drug-likeness (QED) is 0.666. The van der Waals surface area contributed by atoms with Crippen LogP contribution in [0.3, 0.4) is 0 Å². The van der Waals surface area contributed by atoms with Gasteiger partial charge in [0.2, 0.25) is 0 Å². The van der Waals surface area contributed by atoms with E-state index in [0.717, 1.165) is 19.3 Å². The molecular weight excluding hydrogens is 180 g/mol. The second kappa shape index (κ2) is 6.82. The number of aliphatic hydroxyl groups excluding tert-OH is 1. The van der Waals surface area contributed by atoms with Gasteiger partial charge in [-0.1, -0.05) is 33.6 Å². The number of hydrogen-bond acceptors (Lipinski definition) is 2.